The van der Waals surface area contributed by atoms with E-state index in [2.05, 4.69) is 10.6 Å². The number of carboxylic acid groups (broad SMARTS) is 1. The van der Waals surface area contributed by atoms with Crippen LogP contribution in [0.1, 0.15) is 60.8 Å². The van der Waals surface area contributed by atoms with Crippen molar-refractivity contribution < 1.29 is 33.7 Å². The monoisotopic (exact) mass is 678 g/mol. The lowest BCUT2D eigenvalue weighted by molar-refractivity contribution is -0.139. The van der Waals surface area contributed by atoms with Gasteiger partial charge in [-0.15, -0.1) is 0 Å². The van der Waals surface area contributed by atoms with Gasteiger partial charge in [-0.3, -0.25) is 4.79 Å². The number of likely N-dealkylation sites (tertiary alicyclic amines) is 1. The number of aromatic nitrogens is 1. The second-order valence-electron chi connectivity index (χ2n) is 13.3. The molecule has 2 aromatic carbocycles. The Morgan fingerprint density at radius 2 is 1.79 bits per heavy atom. The number of alkyl carbamates (subject to hydrolysis) is 1. The highest BCUT2D eigenvalue weighted by atomic mass is 32.1. The number of ether oxygens (including phenoxy) is 3. The number of carbonyl (C=O) groups is 3. The van der Waals surface area contributed by atoms with Crippen LogP contribution in [-0.2, 0) is 14.3 Å². The van der Waals surface area contributed by atoms with E-state index in [0.29, 0.717) is 42.0 Å². The first-order valence-electron chi connectivity index (χ1n) is 16.2. The second kappa shape index (κ2) is 15.6. The van der Waals surface area contributed by atoms with Crippen molar-refractivity contribution in [2.24, 2.45) is 5.92 Å². The molecule has 2 heterocycles. The minimum absolute atomic E-state index is 0.149. The molecule has 48 heavy (non-hydrogen) atoms. The summed E-state index contributed by atoms with van der Waals surface area (Å²) in [6, 6.07) is 14.7. The number of nitrogens with zero attached hydrogens (tertiary/aromatic N) is 2. The highest BCUT2D eigenvalue weighted by molar-refractivity contribution is 7.80. The Morgan fingerprint density at radius 3 is 2.40 bits per heavy atom. The lowest BCUT2D eigenvalue weighted by Crippen LogP contribution is -2.56. The third-order valence-electron chi connectivity index (χ3n) is 7.99. The van der Waals surface area contributed by atoms with Gasteiger partial charge in [0.2, 0.25) is 5.91 Å². The highest BCUT2D eigenvalue weighted by Gasteiger charge is 2.43. The quantitative estimate of drug-likeness (QED) is 0.196. The van der Waals surface area contributed by atoms with Gasteiger partial charge in [0.25, 0.3) is 0 Å². The van der Waals surface area contributed by atoms with Crippen LogP contribution in [0.25, 0.3) is 22.2 Å². The van der Waals surface area contributed by atoms with Gasteiger partial charge in [-0.25, -0.2) is 14.6 Å². The molecule has 1 unspecified atom stereocenters. The van der Waals surface area contributed by atoms with E-state index in [1.165, 1.54) is 0 Å². The van der Waals surface area contributed by atoms with Crippen LogP contribution in [-0.4, -0.2) is 81.4 Å². The average Bonchev–Trinajstić information content (AvgIpc) is 3.46. The van der Waals surface area contributed by atoms with Crippen LogP contribution in [0.5, 0.6) is 11.5 Å². The van der Waals surface area contributed by atoms with Crippen molar-refractivity contribution in [2.75, 3.05) is 13.7 Å². The fourth-order valence-corrected chi connectivity index (χ4v) is 6.02. The molecule has 258 valence electrons. The number of fused-ring (bicyclic) bond motifs is 1. The summed E-state index contributed by atoms with van der Waals surface area (Å²) in [6.45, 7) is 11.0. The molecule has 0 aliphatic carbocycles. The first-order valence-corrected chi connectivity index (χ1v) is 16.7. The molecular formula is C36H46N4O7S. The number of aliphatic carboxylic acids is 1. The maximum absolute atomic E-state index is 14.2. The van der Waals surface area contributed by atoms with Crippen molar-refractivity contribution in [3.8, 4) is 22.8 Å². The Balaban J connectivity index is 1.70. The van der Waals surface area contributed by atoms with Crippen LogP contribution in [0.2, 0.25) is 0 Å². The molecule has 1 aliphatic rings. The van der Waals surface area contributed by atoms with Crippen LogP contribution in [0.4, 0.5) is 4.79 Å². The summed E-state index contributed by atoms with van der Waals surface area (Å²) in [6.07, 6.45) is 0.0662. The molecule has 1 aromatic heterocycles. The third-order valence-corrected chi connectivity index (χ3v) is 8.38. The zero-order chi connectivity index (χ0) is 35.2. The number of carbonyl (C=O) groups excluding carboxylic acids is 2. The first-order chi connectivity index (χ1) is 22.7. The van der Waals surface area contributed by atoms with E-state index in [1.807, 2.05) is 75.4 Å². The van der Waals surface area contributed by atoms with Crippen LogP contribution in [0.3, 0.4) is 0 Å². The van der Waals surface area contributed by atoms with E-state index >= 15 is 0 Å². The molecule has 0 bridgehead atoms. The molecule has 1 fully saturated rings. The number of hydrogen-bond acceptors (Lipinski definition) is 8. The normalized spacial score (nSPS) is 17.5. The van der Waals surface area contributed by atoms with Crippen molar-refractivity contribution in [3.63, 3.8) is 0 Å². The third kappa shape index (κ3) is 9.12. The number of thiocarbonyl (C=S) groups is 1. The molecule has 12 heteroatoms. The van der Waals surface area contributed by atoms with Crippen LogP contribution < -0.4 is 20.1 Å². The number of amides is 2. The minimum Gasteiger partial charge on any atom is -0.497 e. The largest absolute Gasteiger partial charge is 0.497 e. The number of rotatable bonds is 12. The van der Waals surface area contributed by atoms with Crippen molar-refractivity contribution in [2.45, 2.75) is 90.6 Å². The summed E-state index contributed by atoms with van der Waals surface area (Å²) in [5.74, 6) is -0.460. The maximum Gasteiger partial charge on any atom is 0.408 e. The van der Waals surface area contributed by atoms with Crippen LogP contribution in [0, 0.1) is 5.92 Å². The fourth-order valence-electron chi connectivity index (χ4n) is 5.65. The molecule has 0 saturated carbocycles. The minimum atomic E-state index is -1.03. The molecule has 2 amide bonds. The molecule has 4 atom stereocenters. The summed E-state index contributed by atoms with van der Waals surface area (Å²) >= 11 is 5.78. The Bertz CT molecular complexity index is 1630. The summed E-state index contributed by atoms with van der Waals surface area (Å²) in [7, 11) is 1.60. The molecule has 11 nitrogen and oxygen atoms in total. The Morgan fingerprint density at radius 1 is 1.08 bits per heavy atom. The number of nitrogens with one attached hydrogen (secondary N) is 2. The van der Waals surface area contributed by atoms with Gasteiger partial charge >= 0.3 is 12.1 Å². The summed E-state index contributed by atoms with van der Waals surface area (Å²) in [5.41, 5.74) is 1.53. The van der Waals surface area contributed by atoms with Gasteiger partial charge in [-0.2, -0.15) is 0 Å². The molecule has 3 N–H and O–H groups in total. The van der Waals surface area contributed by atoms with Gasteiger partial charge in [0, 0.05) is 29.5 Å². The van der Waals surface area contributed by atoms with Crippen molar-refractivity contribution in [3.05, 3.63) is 54.6 Å². The molecule has 4 rings (SSSR count). The van der Waals surface area contributed by atoms with Gasteiger partial charge < -0.3 is 34.9 Å². The predicted molar refractivity (Wildman–Crippen MR) is 188 cm³/mol. The number of benzene rings is 2. The number of pyridine rings is 1. The standard InChI is InChI=1S/C36H46N4O7S/c1-8-12-26(34(42)43)38-32(48)29-18-24(20-40(29)33(41)31(21(2)3)39-35(44)47-36(4,5)6)46-30-19-27(22-13-10-9-11-14-22)37-28-17-23(45-7)15-16-25(28)30/h9-11,13-17,19,21,24,26,29,31H,8,12,18,20H2,1-7H3,(H,38,48)(H,39,44)(H,42,43)/t24?,26-,29-,31-/m0/s1. The van der Waals surface area contributed by atoms with E-state index in [9.17, 15) is 19.5 Å². The van der Waals surface area contributed by atoms with Crippen molar-refractivity contribution in [1.29, 1.82) is 0 Å². The van der Waals surface area contributed by atoms with E-state index in [0.717, 1.165) is 10.9 Å². The fraction of sp³-hybridized carbons (Fsp3) is 0.472. The first kappa shape index (κ1) is 36.4. The van der Waals surface area contributed by atoms with E-state index < -0.39 is 41.9 Å². The van der Waals surface area contributed by atoms with E-state index in [4.69, 9.17) is 31.4 Å². The van der Waals surface area contributed by atoms with Gasteiger partial charge in [0.05, 0.1) is 35.9 Å². The zero-order valence-corrected chi connectivity index (χ0v) is 29.4. The maximum atomic E-state index is 14.2. The van der Waals surface area contributed by atoms with Gasteiger partial charge in [0.15, 0.2) is 0 Å². The van der Waals surface area contributed by atoms with Crippen molar-refractivity contribution >= 4 is 46.1 Å². The average molecular weight is 679 g/mol. The lowest BCUT2D eigenvalue weighted by Gasteiger charge is -2.32. The van der Waals surface area contributed by atoms with Gasteiger partial charge in [0.1, 0.15) is 35.3 Å². The predicted octanol–water partition coefficient (Wildman–Crippen LogP) is 5.98. The van der Waals surface area contributed by atoms with Gasteiger partial charge in [-0.05, 0) is 45.2 Å². The topological polar surface area (TPSA) is 139 Å². The number of methoxy groups -OCH3 is 1. The number of hydrogen-bond donors (Lipinski definition) is 3. The van der Waals surface area contributed by atoms with E-state index in [1.54, 1.807) is 32.8 Å². The molecule has 0 spiro atoms. The smallest absolute Gasteiger partial charge is 0.408 e. The lowest BCUT2D eigenvalue weighted by atomic mass is 10.0. The Kier molecular flexibility index (Phi) is 11.9. The summed E-state index contributed by atoms with van der Waals surface area (Å²) in [5, 5.41) is 16.3. The van der Waals surface area contributed by atoms with Crippen LogP contribution in [0.15, 0.2) is 54.6 Å². The molecular weight excluding hydrogens is 632 g/mol. The Labute approximate surface area is 287 Å². The highest BCUT2D eigenvalue weighted by Crippen LogP contribution is 2.35. The summed E-state index contributed by atoms with van der Waals surface area (Å²) in [4.78, 5) is 45.7. The van der Waals surface area contributed by atoms with E-state index in [-0.39, 0.29) is 23.4 Å². The molecule has 1 saturated heterocycles. The zero-order valence-electron chi connectivity index (χ0n) is 28.6. The second-order valence-corrected chi connectivity index (χ2v) is 13.7. The summed E-state index contributed by atoms with van der Waals surface area (Å²) < 4.78 is 17.6. The van der Waals surface area contributed by atoms with Gasteiger partial charge in [-0.1, -0.05) is 69.7 Å². The molecule has 0 radical (unpaired) electrons. The Hall–Kier alpha value is -4.45. The molecule has 3 aromatic rings. The number of carboxylic acids is 1. The van der Waals surface area contributed by atoms with Crippen LogP contribution >= 0.6 is 12.2 Å². The SMILES string of the molecule is CCC[C@H](NC(=S)[C@@H]1CC(Oc2cc(-c3ccccc3)nc3cc(OC)ccc23)CN1C(=O)[C@@H](NC(=O)OC(C)(C)C)C(C)C)C(=O)O. The van der Waals surface area contributed by atoms with Crippen molar-refractivity contribution in [1.82, 2.24) is 20.5 Å². The molecule has 1 aliphatic heterocycles.